The number of anilines is 1. The van der Waals surface area contributed by atoms with E-state index in [1.54, 1.807) is 6.07 Å². The van der Waals surface area contributed by atoms with Crippen LogP contribution < -0.4 is 5.73 Å². The molecule has 0 amide bonds. The van der Waals surface area contributed by atoms with Gasteiger partial charge in [0.15, 0.2) is 10.3 Å². The van der Waals surface area contributed by atoms with E-state index in [2.05, 4.69) is 9.97 Å². The number of halogens is 2. The standard InChI is InChI=1S/C6H3Cl2N3S/c7-4-5(8)11-6-2(10-4)1-3(9)12-6/h1H,9H2. The van der Waals surface area contributed by atoms with Crippen molar-refractivity contribution in [2.75, 3.05) is 5.73 Å². The van der Waals surface area contributed by atoms with Gasteiger partial charge in [-0.05, 0) is 0 Å². The minimum absolute atomic E-state index is 0.210. The van der Waals surface area contributed by atoms with E-state index < -0.39 is 0 Å². The van der Waals surface area contributed by atoms with Crippen LogP contribution in [-0.4, -0.2) is 9.97 Å². The zero-order valence-corrected chi connectivity index (χ0v) is 8.04. The monoisotopic (exact) mass is 219 g/mol. The fourth-order valence-electron chi connectivity index (χ4n) is 0.837. The molecule has 3 nitrogen and oxygen atoms in total. The summed E-state index contributed by atoms with van der Waals surface area (Å²) in [5.74, 6) is 0. The fourth-order valence-corrected chi connectivity index (χ4v) is 1.89. The Morgan fingerprint density at radius 3 is 2.67 bits per heavy atom. The van der Waals surface area contributed by atoms with Crippen LogP contribution in [0.25, 0.3) is 10.3 Å². The number of nitrogen functional groups attached to an aromatic ring is 1. The lowest BCUT2D eigenvalue weighted by molar-refractivity contribution is 1.31. The van der Waals surface area contributed by atoms with Gasteiger partial charge in [0, 0.05) is 6.07 Å². The molecule has 0 aliphatic rings. The minimum atomic E-state index is 0.210. The van der Waals surface area contributed by atoms with E-state index in [-0.39, 0.29) is 10.3 Å². The molecule has 0 spiro atoms. The number of hydrogen-bond acceptors (Lipinski definition) is 4. The van der Waals surface area contributed by atoms with Crippen LogP contribution in [0.2, 0.25) is 10.3 Å². The van der Waals surface area contributed by atoms with E-state index >= 15 is 0 Å². The molecule has 2 aromatic rings. The molecule has 0 fully saturated rings. The molecule has 6 heteroatoms. The van der Waals surface area contributed by atoms with Gasteiger partial charge in [0.2, 0.25) is 0 Å². The molecule has 2 aromatic heterocycles. The molecule has 0 bridgehead atoms. The smallest absolute Gasteiger partial charge is 0.168 e. The summed E-state index contributed by atoms with van der Waals surface area (Å²) in [7, 11) is 0. The average molecular weight is 220 g/mol. The number of rotatable bonds is 0. The third kappa shape index (κ3) is 1.22. The van der Waals surface area contributed by atoms with Gasteiger partial charge in [-0.2, -0.15) is 0 Å². The van der Waals surface area contributed by atoms with Gasteiger partial charge in [-0.25, -0.2) is 9.97 Å². The van der Waals surface area contributed by atoms with E-state index in [0.717, 1.165) is 0 Å². The number of nitrogens with zero attached hydrogens (tertiary/aromatic N) is 2. The van der Waals surface area contributed by atoms with Crippen LogP contribution in [0.4, 0.5) is 5.00 Å². The average Bonchev–Trinajstić information content (AvgIpc) is 2.30. The van der Waals surface area contributed by atoms with Gasteiger partial charge in [0.1, 0.15) is 10.3 Å². The van der Waals surface area contributed by atoms with Crippen molar-refractivity contribution in [3.05, 3.63) is 16.4 Å². The quantitative estimate of drug-likeness (QED) is 0.742. The molecule has 0 saturated carbocycles. The third-order valence-corrected chi connectivity index (χ3v) is 2.77. The second-order valence-electron chi connectivity index (χ2n) is 2.14. The second-order valence-corrected chi connectivity index (χ2v) is 3.92. The first-order valence-electron chi connectivity index (χ1n) is 3.05. The molecule has 0 unspecified atom stereocenters. The Bertz CT molecular complexity index is 401. The summed E-state index contributed by atoms with van der Waals surface area (Å²) in [6.45, 7) is 0. The first kappa shape index (κ1) is 8.04. The molecule has 0 aliphatic heterocycles. The van der Waals surface area contributed by atoms with Crippen LogP contribution in [0.1, 0.15) is 0 Å². The summed E-state index contributed by atoms with van der Waals surface area (Å²) in [6.07, 6.45) is 0. The lowest BCUT2D eigenvalue weighted by Crippen LogP contribution is -1.81. The Kier molecular flexibility index (Phi) is 1.83. The molecule has 2 heterocycles. The minimum Gasteiger partial charge on any atom is -0.390 e. The van der Waals surface area contributed by atoms with Gasteiger partial charge in [0.25, 0.3) is 0 Å². The Labute approximate surface area is 82.1 Å². The summed E-state index contributed by atoms with van der Waals surface area (Å²) < 4.78 is 0. The van der Waals surface area contributed by atoms with Crippen LogP contribution in [-0.2, 0) is 0 Å². The van der Waals surface area contributed by atoms with Crippen molar-refractivity contribution < 1.29 is 0 Å². The summed E-state index contributed by atoms with van der Waals surface area (Å²) in [4.78, 5) is 8.71. The van der Waals surface area contributed by atoms with E-state index in [4.69, 9.17) is 28.9 Å². The van der Waals surface area contributed by atoms with Crippen LogP contribution in [0.15, 0.2) is 6.07 Å². The highest BCUT2D eigenvalue weighted by atomic mass is 35.5. The fraction of sp³-hybridized carbons (Fsp3) is 0. The molecule has 0 saturated heterocycles. The molecule has 0 atom stereocenters. The summed E-state index contributed by atoms with van der Waals surface area (Å²) >= 11 is 12.6. The van der Waals surface area contributed by atoms with Crippen molar-refractivity contribution in [1.29, 1.82) is 0 Å². The largest absolute Gasteiger partial charge is 0.390 e. The highest BCUT2D eigenvalue weighted by Gasteiger charge is 2.06. The number of thiophene rings is 1. The van der Waals surface area contributed by atoms with Gasteiger partial charge >= 0.3 is 0 Å². The SMILES string of the molecule is Nc1cc2nc(Cl)c(Cl)nc2s1. The zero-order valence-electron chi connectivity index (χ0n) is 5.71. The van der Waals surface area contributed by atoms with Crippen molar-refractivity contribution in [1.82, 2.24) is 9.97 Å². The number of fused-ring (bicyclic) bond motifs is 1. The molecule has 0 aliphatic carbocycles. The highest BCUT2D eigenvalue weighted by Crippen LogP contribution is 2.28. The zero-order chi connectivity index (χ0) is 8.72. The van der Waals surface area contributed by atoms with E-state index in [1.807, 2.05) is 0 Å². The van der Waals surface area contributed by atoms with Crippen molar-refractivity contribution in [2.24, 2.45) is 0 Å². The van der Waals surface area contributed by atoms with Gasteiger partial charge in [-0.15, -0.1) is 0 Å². The van der Waals surface area contributed by atoms with Crippen LogP contribution in [0.3, 0.4) is 0 Å². The van der Waals surface area contributed by atoms with E-state index in [9.17, 15) is 0 Å². The molecular formula is C6H3Cl2N3S. The van der Waals surface area contributed by atoms with Gasteiger partial charge in [-0.1, -0.05) is 34.5 Å². The number of aromatic nitrogens is 2. The lowest BCUT2D eigenvalue weighted by Gasteiger charge is -1.91. The van der Waals surface area contributed by atoms with Gasteiger partial charge in [0.05, 0.1) is 5.00 Å². The van der Waals surface area contributed by atoms with Crippen molar-refractivity contribution in [3.63, 3.8) is 0 Å². The number of nitrogens with two attached hydrogens (primary N) is 1. The predicted molar refractivity (Wildman–Crippen MR) is 51.8 cm³/mol. The predicted octanol–water partition coefficient (Wildman–Crippen LogP) is 2.58. The van der Waals surface area contributed by atoms with Crippen molar-refractivity contribution in [3.8, 4) is 0 Å². The van der Waals surface area contributed by atoms with Gasteiger partial charge < -0.3 is 5.73 Å². The second kappa shape index (κ2) is 2.73. The molecule has 62 valence electrons. The van der Waals surface area contributed by atoms with E-state index in [1.165, 1.54) is 11.3 Å². The van der Waals surface area contributed by atoms with Crippen LogP contribution in [0, 0.1) is 0 Å². The number of hydrogen-bond donors (Lipinski definition) is 1. The maximum Gasteiger partial charge on any atom is 0.168 e. The van der Waals surface area contributed by atoms with Crippen LogP contribution >= 0.6 is 34.5 Å². The summed E-state index contributed by atoms with van der Waals surface area (Å²) in [6, 6.07) is 1.72. The molecule has 0 aromatic carbocycles. The Morgan fingerprint density at radius 1 is 1.25 bits per heavy atom. The molecule has 12 heavy (non-hydrogen) atoms. The van der Waals surface area contributed by atoms with E-state index in [0.29, 0.717) is 15.3 Å². The van der Waals surface area contributed by atoms with Crippen molar-refractivity contribution in [2.45, 2.75) is 0 Å². The molecule has 2 rings (SSSR count). The first-order valence-corrected chi connectivity index (χ1v) is 4.62. The maximum absolute atomic E-state index is 5.66. The molecule has 0 radical (unpaired) electrons. The highest BCUT2D eigenvalue weighted by molar-refractivity contribution is 7.22. The summed E-state index contributed by atoms with van der Waals surface area (Å²) in [5, 5.41) is 1.08. The van der Waals surface area contributed by atoms with Crippen molar-refractivity contribution >= 4 is 49.9 Å². The first-order chi connectivity index (χ1) is 5.66. The lowest BCUT2D eigenvalue weighted by atomic mass is 10.5. The molecule has 2 N–H and O–H groups in total. The Morgan fingerprint density at radius 2 is 1.92 bits per heavy atom. The van der Waals surface area contributed by atoms with Crippen LogP contribution in [0.5, 0.6) is 0 Å². The Hall–Kier alpha value is -0.580. The summed E-state index contributed by atoms with van der Waals surface area (Å²) in [5.41, 5.74) is 6.23. The normalized spacial score (nSPS) is 10.8. The van der Waals surface area contributed by atoms with Gasteiger partial charge in [-0.3, -0.25) is 0 Å². The Balaban J connectivity index is 2.83. The molecular weight excluding hydrogens is 217 g/mol. The topological polar surface area (TPSA) is 51.8 Å². The maximum atomic E-state index is 5.66. The third-order valence-electron chi connectivity index (χ3n) is 1.30.